The molecular weight excluding hydrogens is 304 g/mol. The third-order valence-corrected chi connectivity index (χ3v) is 3.73. The van der Waals surface area contributed by atoms with Crippen LogP contribution in [0.1, 0.15) is 31.0 Å². The van der Waals surface area contributed by atoms with Crippen molar-refractivity contribution < 1.29 is 14.7 Å². The standard InChI is InChI=1S/C19H22N2O3/c1-13(16-6-4-3-5-7-16)20-19(24)18(21-14(2)22)12-15-8-10-17(23)11-9-15/h3-11,13,18,23H,12H2,1-2H3,(H,20,24)(H,21,22). The summed E-state index contributed by atoms with van der Waals surface area (Å²) in [4.78, 5) is 24.0. The Morgan fingerprint density at radius 1 is 1.00 bits per heavy atom. The molecule has 2 amide bonds. The highest BCUT2D eigenvalue weighted by Gasteiger charge is 2.21. The van der Waals surface area contributed by atoms with Gasteiger partial charge in [-0.25, -0.2) is 0 Å². The molecule has 5 heteroatoms. The van der Waals surface area contributed by atoms with E-state index in [9.17, 15) is 14.7 Å². The van der Waals surface area contributed by atoms with Gasteiger partial charge in [-0.15, -0.1) is 0 Å². The van der Waals surface area contributed by atoms with Crippen LogP contribution in [0.15, 0.2) is 54.6 Å². The number of phenols is 1. The third-order valence-electron chi connectivity index (χ3n) is 3.73. The molecule has 0 fully saturated rings. The first-order valence-electron chi connectivity index (χ1n) is 7.86. The molecule has 0 saturated heterocycles. The van der Waals surface area contributed by atoms with Gasteiger partial charge >= 0.3 is 0 Å². The number of nitrogens with one attached hydrogen (secondary N) is 2. The smallest absolute Gasteiger partial charge is 0.243 e. The summed E-state index contributed by atoms with van der Waals surface area (Å²) >= 11 is 0. The van der Waals surface area contributed by atoms with Crippen LogP contribution in [0.25, 0.3) is 0 Å². The molecule has 3 N–H and O–H groups in total. The van der Waals surface area contributed by atoms with Crippen molar-refractivity contribution in [2.24, 2.45) is 0 Å². The Balaban J connectivity index is 2.07. The molecule has 0 aliphatic rings. The molecule has 2 aromatic carbocycles. The van der Waals surface area contributed by atoms with Crippen LogP contribution in [-0.2, 0) is 16.0 Å². The molecule has 2 unspecified atom stereocenters. The molecule has 0 radical (unpaired) electrons. The highest BCUT2D eigenvalue weighted by Crippen LogP contribution is 2.14. The highest BCUT2D eigenvalue weighted by molar-refractivity contribution is 5.87. The number of carbonyl (C=O) groups excluding carboxylic acids is 2. The van der Waals surface area contributed by atoms with E-state index in [1.165, 1.54) is 6.92 Å². The second-order valence-corrected chi connectivity index (χ2v) is 5.76. The van der Waals surface area contributed by atoms with Crippen LogP contribution in [0.4, 0.5) is 0 Å². The van der Waals surface area contributed by atoms with Gasteiger partial charge in [-0.1, -0.05) is 42.5 Å². The Hall–Kier alpha value is -2.82. The molecular formula is C19H22N2O3. The van der Waals surface area contributed by atoms with E-state index in [0.717, 1.165) is 11.1 Å². The normalized spacial score (nSPS) is 12.9. The van der Waals surface area contributed by atoms with Gasteiger partial charge in [0, 0.05) is 13.3 Å². The van der Waals surface area contributed by atoms with Crippen molar-refractivity contribution >= 4 is 11.8 Å². The molecule has 5 nitrogen and oxygen atoms in total. The average molecular weight is 326 g/mol. The maximum Gasteiger partial charge on any atom is 0.243 e. The van der Waals surface area contributed by atoms with Crippen LogP contribution in [0, 0.1) is 0 Å². The van der Waals surface area contributed by atoms with Crippen molar-refractivity contribution in [2.75, 3.05) is 0 Å². The van der Waals surface area contributed by atoms with Crippen LogP contribution in [0.2, 0.25) is 0 Å². The Morgan fingerprint density at radius 3 is 2.21 bits per heavy atom. The molecule has 2 rings (SSSR count). The Labute approximate surface area is 141 Å². The molecule has 0 aromatic heterocycles. The van der Waals surface area contributed by atoms with Gasteiger partial charge in [-0.05, 0) is 30.2 Å². The minimum absolute atomic E-state index is 0.158. The fourth-order valence-electron chi connectivity index (χ4n) is 2.46. The number of amides is 2. The quantitative estimate of drug-likeness (QED) is 0.762. The zero-order chi connectivity index (χ0) is 17.5. The van der Waals surface area contributed by atoms with E-state index >= 15 is 0 Å². The molecule has 0 aliphatic heterocycles. The summed E-state index contributed by atoms with van der Waals surface area (Å²) in [6.45, 7) is 3.29. The van der Waals surface area contributed by atoms with E-state index in [1.807, 2.05) is 37.3 Å². The van der Waals surface area contributed by atoms with Gasteiger partial charge in [0.25, 0.3) is 0 Å². The van der Waals surface area contributed by atoms with Gasteiger partial charge in [-0.3, -0.25) is 9.59 Å². The van der Waals surface area contributed by atoms with Crippen molar-refractivity contribution in [3.63, 3.8) is 0 Å². The fraction of sp³-hybridized carbons (Fsp3) is 0.263. The van der Waals surface area contributed by atoms with Crippen molar-refractivity contribution in [3.05, 3.63) is 65.7 Å². The van der Waals surface area contributed by atoms with Gasteiger partial charge < -0.3 is 15.7 Å². The van der Waals surface area contributed by atoms with Crippen LogP contribution >= 0.6 is 0 Å². The molecule has 24 heavy (non-hydrogen) atoms. The fourth-order valence-corrected chi connectivity index (χ4v) is 2.46. The number of aromatic hydroxyl groups is 1. The minimum Gasteiger partial charge on any atom is -0.508 e. The van der Waals surface area contributed by atoms with Crippen molar-refractivity contribution in [3.8, 4) is 5.75 Å². The Bertz CT molecular complexity index is 684. The van der Waals surface area contributed by atoms with Gasteiger partial charge in [-0.2, -0.15) is 0 Å². The van der Waals surface area contributed by atoms with E-state index in [-0.39, 0.29) is 23.6 Å². The topological polar surface area (TPSA) is 78.4 Å². The van der Waals surface area contributed by atoms with Crippen molar-refractivity contribution in [1.82, 2.24) is 10.6 Å². The summed E-state index contributed by atoms with van der Waals surface area (Å²) in [6, 6.07) is 15.4. The maximum atomic E-state index is 12.6. The summed E-state index contributed by atoms with van der Waals surface area (Å²) in [6.07, 6.45) is 0.354. The van der Waals surface area contributed by atoms with Crippen molar-refractivity contribution in [1.29, 1.82) is 0 Å². The van der Waals surface area contributed by atoms with Gasteiger partial charge in [0.15, 0.2) is 0 Å². The third kappa shape index (κ3) is 5.12. The molecule has 0 aliphatic carbocycles. The first-order valence-corrected chi connectivity index (χ1v) is 7.86. The second kappa shape index (κ2) is 8.15. The summed E-state index contributed by atoms with van der Waals surface area (Å²) in [5.41, 5.74) is 1.85. The zero-order valence-electron chi connectivity index (χ0n) is 13.8. The summed E-state index contributed by atoms with van der Waals surface area (Å²) in [5.74, 6) is -0.340. The average Bonchev–Trinajstić information content (AvgIpc) is 2.56. The maximum absolute atomic E-state index is 12.6. The zero-order valence-corrected chi connectivity index (χ0v) is 13.8. The molecule has 126 valence electrons. The predicted octanol–water partition coefficient (Wildman–Crippen LogP) is 2.32. The second-order valence-electron chi connectivity index (χ2n) is 5.76. The summed E-state index contributed by atoms with van der Waals surface area (Å²) < 4.78 is 0. The van der Waals surface area contributed by atoms with Crippen molar-refractivity contribution in [2.45, 2.75) is 32.4 Å². The summed E-state index contributed by atoms with van der Waals surface area (Å²) in [7, 11) is 0. The largest absolute Gasteiger partial charge is 0.508 e. The predicted molar refractivity (Wildman–Crippen MR) is 92.4 cm³/mol. The van der Waals surface area contributed by atoms with Gasteiger partial charge in [0.1, 0.15) is 11.8 Å². The lowest BCUT2D eigenvalue weighted by molar-refractivity contribution is -0.128. The number of rotatable bonds is 6. The van der Waals surface area contributed by atoms with Gasteiger partial charge in [0.05, 0.1) is 6.04 Å². The lowest BCUT2D eigenvalue weighted by atomic mass is 10.0. The van der Waals surface area contributed by atoms with Crippen LogP contribution < -0.4 is 10.6 Å². The monoisotopic (exact) mass is 326 g/mol. The van der Waals surface area contributed by atoms with E-state index in [1.54, 1.807) is 24.3 Å². The SMILES string of the molecule is CC(=O)NC(Cc1ccc(O)cc1)C(=O)NC(C)c1ccccc1. The first kappa shape index (κ1) is 17.5. The molecule has 2 aromatic rings. The van der Waals surface area contributed by atoms with E-state index < -0.39 is 6.04 Å². The number of benzene rings is 2. The number of carbonyl (C=O) groups is 2. The van der Waals surface area contributed by atoms with Crippen LogP contribution in [-0.4, -0.2) is 23.0 Å². The van der Waals surface area contributed by atoms with Gasteiger partial charge in [0.2, 0.25) is 11.8 Å². The summed E-state index contributed by atoms with van der Waals surface area (Å²) in [5, 5.41) is 15.0. The first-order chi connectivity index (χ1) is 11.5. The molecule has 2 atom stereocenters. The van der Waals surface area contributed by atoms with Crippen LogP contribution in [0.5, 0.6) is 5.75 Å². The molecule has 0 heterocycles. The highest BCUT2D eigenvalue weighted by atomic mass is 16.3. The molecule has 0 spiro atoms. The number of hydrogen-bond donors (Lipinski definition) is 3. The minimum atomic E-state index is -0.668. The molecule has 0 bridgehead atoms. The lowest BCUT2D eigenvalue weighted by Crippen LogP contribution is -2.47. The van der Waals surface area contributed by atoms with E-state index in [0.29, 0.717) is 6.42 Å². The Morgan fingerprint density at radius 2 is 1.62 bits per heavy atom. The van der Waals surface area contributed by atoms with Crippen LogP contribution in [0.3, 0.4) is 0 Å². The number of phenolic OH excluding ortho intramolecular Hbond substituents is 1. The lowest BCUT2D eigenvalue weighted by Gasteiger charge is -2.21. The Kier molecular flexibility index (Phi) is 5.95. The molecule has 0 saturated carbocycles. The van der Waals surface area contributed by atoms with E-state index in [2.05, 4.69) is 10.6 Å². The number of hydrogen-bond acceptors (Lipinski definition) is 3. The van der Waals surface area contributed by atoms with E-state index in [4.69, 9.17) is 0 Å².